The zero-order valence-corrected chi connectivity index (χ0v) is 16.3. The van der Waals surface area contributed by atoms with Crippen LogP contribution in [0.5, 0.6) is 11.5 Å². The van der Waals surface area contributed by atoms with Crippen molar-refractivity contribution in [3.05, 3.63) is 99.1 Å². The fourth-order valence-corrected chi connectivity index (χ4v) is 2.66. The van der Waals surface area contributed by atoms with E-state index in [9.17, 15) is 19.7 Å². The van der Waals surface area contributed by atoms with E-state index in [-0.39, 0.29) is 27.9 Å². The van der Waals surface area contributed by atoms with Crippen LogP contribution in [0, 0.1) is 32.8 Å². The summed E-state index contributed by atoms with van der Waals surface area (Å²) in [4.78, 5) is 34.5. The summed E-state index contributed by atoms with van der Waals surface area (Å²) in [5.74, 6) is -0.599. The van der Waals surface area contributed by atoms with Gasteiger partial charge in [-0.25, -0.2) is 4.79 Å². The number of hydrogen-bond donors (Lipinski definition) is 0. The van der Waals surface area contributed by atoms with E-state index in [0.717, 1.165) is 6.07 Å². The molecule has 32 heavy (non-hydrogen) atoms. The molecule has 0 unspecified atom stereocenters. The second kappa shape index (κ2) is 9.65. The molecule has 0 fully saturated rings. The summed E-state index contributed by atoms with van der Waals surface area (Å²) >= 11 is 0. The number of nitriles is 2. The zero-order chi connectivity index (χ0) is 23.1. The average Bonchev–Trinajstić information content (AvgIpc) is 2.82. The van der Waals surface area contributed by atoms with Crippen molar-refractivity contribution < 1.29 is 24.0 Å². The van der Waals surface area contributed by atoms with Gasteiger partial charge in [-0.15, -0.1) is 0 Å². The van der Waals surface area contributed by atoms with Gasteiger partial charge in [0.15, 0.2) is 6.61 Å². The Kier molecular flexibility index (Phi) is 6.54. The zero-order valence-electron chi connectivity index (χ0n) is 16.3. The lowest BCUT2D eigenvalue weighted by atomic mass is 10.1. The fraction of sp³-hybridized carbons (Fsp3) is 0.0435. The van der Waals surface area contributed by atoms with Gasteiger partial charge in [0.05, 0.1) is 21.6 Å². The van der Waals surface area contributed by atoms with E-state index < -0.39 is 23.3 Å². The number of ether oxygens (including phenoxy) is 2. The van der Waals surface area contributed by atoms with Gasteiger partial charge < -0.3 is 9.47 Å². The monoisotopic (exact) mass is 427 g/mol. The molecule has 0 aromatic heterocycles. The van der Waals surface area contributed by atoms with E-state index in [1.54, 1.807) is 6.07 Å². The molecule has 3 aromatic rings. The van der Waals surface area contributed by atoms with E-state index in [0.29, 0.717) is 11.5 Å². The van der Waals surface area contributed by atoms with Crippen molar-refractivity contribution in [2.45, 2.75) is 0 Å². The highest BCUT2D eigenvalue weighted by molar-refractivity contribution is 5.99. The van der Waals surface area contributed by atoms with Crippen molar-refractivity contribution in [3.8, 4) is 23.6 Å². The topological polar surface area (TPSA) is 143 Å². The number of ketones is 1. The van der Waals surface area contributed by atoms with Crippen LogP contribution in [-0.4, -0.2) is 23.3 Å². The molecule has 0 N–H and O–H groups in total. The first kappa shape index (κ1) is 21.7. The van der Waals surface area contributed by atoms with E-state index >= 15 is 0 Å². The first-order valence-electron chi connectivity index (χ1n) is 9.08. The number of non-ortho nitro benzene ring substituents is 1. The third-order valence-electron chi connectivity index (χ3n) is 4.27. The second-order valence-corrected chi connectivity index (χ2v) is 6.36. The summed E-state index contributed by atoms with van der Waals surface area (Å²) in [7, 11) is 0. The smallest absolute Gasteiger partial charge is 0.338 e. The fourth-order valence-electron chi connectivity index (χ4n) is 2.66. The maximum atomic E-state index is 12.2. The van der Waals surface area contributed by atoms with Crippen molar-refractivity contribution >= 4 is 17.4 Å². The maximum absolute atomic E-state index is 12.2. The number of nitro benzene ring substituents is 1. The summed E-state index contributed by atoms with van der Waals surface area (Å²) < 4.78 is 10.6. The van der Waals surface area contributed by atoms with E-state index in [2.05, 4.69) is 0 Å². The van der Waals surface area contributed by atoms with Gasteiger partial charge in [-0.1, -0.05) is 12.1 Å². The van der Waals surface area contributed by atoms with Crippen molar-refractivity contribution in [2.24, 2.45) is 0 Å². The number of carbonyl (C=O) groups is 2. The van der Waals surface area contributed by atoms with Crippen molar-refractivity contribution in [1.82, 2.24) is 0 Å². The third kappa shape index (κ3) is 5.12. The standard InChI is InChI=1S/C23H13N3O6/c24-12-17-6-9-21(11-18(17)13-25)32-20-7-4-15(5-8-20)23(28)31-14-22(27)16-2-1-3-19(10-16)26(29)30/h1-11H,14H2. The van der Waals surface area contributed by atoms with Gasteiger partial charge in [-0.2, -0.15) is 10.5 Å². The van der Waals surface area contributed by atoms with Crippen LogP contribution < -0.4 is 4.74 Å². The first-order valence-corrected chi connectivity index (χ1v) is 9.08. The van der Waals surface area contributed by atoms with E-state index in [4.69, 9.17) is 20.0 Å². The molecule has 0 saturated carbocycles. The molecule has 0 atom stereocenters. The van der Waals surface area contributed by atoms with Crippen LogP contribution in [0.3, 0.4) is 0 Å². The lowest BCUT2D eigenvalue weighted by molar-refractivity contribution is -0.384. The molecule has 0 aliphatic carbocycles. The van der Waals surface area contributed by atoms with Gasteiger partial charge >= 0.3 is 5.97 Å². The van der Waals surface area contributed by atoms with Crippen LogP contribution >= 0.6 is 0 Å². The molecule has 0 aliphatic heterocycles. The van der Waals surface area contributed by atoms with Crippen LogP contribution in [0.1, 0.15) is 31.8 Å². The summed E-state index contributed by atoms with van der Waals surface area (Å²) in [6.45, 7) is -0.569. The first-order chi connectivity index (χ1) is 15.4. The molecular formula is C23H13N3O6. The van der Waals surface area contributed by atoms with Crippen LogP contribution in [0.15, 0.2) is 66.7 Å². The van der Waals surface area contributed by atoms with Crippen molar-refractivity contribution in [3.63, 3.8) is 0 Å². The Morgan fingerprint density at radius 1 is 0.875 bits per heavy atom. The number of hydrogen-bond acceptors (Lipinski definition) is 8. The number of nitro groups is 1. The number of carbonyl (C=O) groups excluding carboxylic acids is 2. The van der Waals surface area contributed by atoms with Crippen LogP contribution in [-0.2, 0) is 4.74 Å². The Bertz CT molecular complexity index is 1290. The molecule has 0 saturated heterocycles. The van der Waals surface area contributed by atoms with Crippen molar-refractivity contribution in [1.29, 1.82) is 10.5 Å². The minimum atomic E-state index is -0.750. The molecule has 9 nitrogen and oxygen atoms in total. The van der Waals surface area contributed by atoms with Gasteiger partial charge in [-0.05, 0) is 42.5 Å². The molecule has 0 spiro atoms. The van der Waals surface area contributed by atoms with Gasteiger partial charge in [0.25, 0.3) is 5.69 Å². The Hall–Kier alpha value is -5.02. The van der Waals surface area contributed by atoms with Crippen molar-refractivity contribution in [2.75, 3.05) is 6.61 Å². The van der Waals surface area contributed by atoms with Gasteiger partial charge in [0, 0.05) is 17.7 Å². The summed E-state index contributed by atoms with van der Waals surface area (Å²) in [5.41, 5.74) is 0.412. The minimum absolute atomic E-state index is 0.0647. The molecule has 156 valence electrons. The number of Topliss-reactive ketones (excluding diaryl/α,β-unsaturated/α-hetero) is 1. The molecule has 0 amide bonds. The molecule has 0 aliphatic rings. The highest BCUT2D eigenvalue weighted by atomic mass is 16.6. The Morgan fingerprint density at radius 3 is 2.22 bits per heavy atom. The molecule has 0 radical (unpaired) electrons. The Labute approximate surface area is 181 Å². The normalized spacial score (nSPS) is 9.81. The maximum Gasteiger partial charge on any atom is 0.338 e. The lowest BCUT2D eigenvalue weighted by Crippen LogP contribution is -2.14. The predicted octanol–water partition coefficient (Wildman–Crippen LogP) is 4.17. The molecule has 3 rings (SSSR count). The molecule has 3 aromatic carbocycles. The highest BCUT2D eigenvalue weighted by Gasteiger charge is 2.15. The summed E-state index contributed by atoms with van der Waals surface area (Å²) in [5, 5.41) is 28.8. The highest BCUT2D eigenvalue weighted by Crippen LogP contribution is 2.24. The Morgan fingerprint density at radius 2 is 1.56 bits per heavy atom. The number of esters is 1. The average molecular weight is 427 g/mol. The third-order valence-corrected chi connectivity index (χ3v) is 4.27. The van der Waals surface area contributed by atoms with Gasteiger partial charge in [0.1, 0.15) is 23.6 Å². The SMILES string of the molecule is N#Cc1ccc(Oc2ccc(C(=O)OCC(=O)c3cccc([N+](=O)[O-])c3)cc2)cc1C#N. The van der Waals surface area contributed by atoms with Gasteiger partial charge in [0.2, 0.25) is 5.78 Å². The molecule has 0 bridgehead atoms. The molecule has 0 heterocycles. The number of rotatable bonds is 7. The van der Waals surface area contributed by atoms with Crippen LogP contribution in [0.25, 0.3) is 0 Å². The molecular weight excluding hydrogens is 414 g/mol. The van der Waals surface area contributed by atoms with Crippen LogP contribution in [0.2, 0.25) is 0 Å². The Balaban J connectivity index is 1.61. The number of nitrogens with zero attached hydrogens (tertiary/aromatic N) is 3. The van der Waals surface area contributed by atoms with Gasteiger partial charge in [-0.3, -0.25) is 14.9 Å². The van der Waals surface area contributed by atoms with E-state index in [1.165, 1.54) is 54.6 Å². The quantitative estimate of drug-likeness (QED) is 0.236. The van der Waals surface area contributed by atoms with E-state index in [1.807, 2.05) is 12.1 Å². The number of benzene rings is 3. The van der Waals surface area contributed by atoms with Crippen LogP contribution in [0.4, 0.5) is 5.69 Å². The molecule has 9 heteroatoms. The summed E-state index contributed by atoms with van der Waals surface area (Å²) in [6, 6.07) is 19.3. The predicted molar refractivity (Wildman–Crippen MR) is 110 cm³/mol. The summed E-state index contributed by atoms with van der Waals surface area (Å²) in [6.07, 6.45) is 0. The second-order valence-electron chi connectivity index (χ2n) is 6.36. The largest absolute Gasteiger partial charge is 0.457 e. The minimum Gasteiger partial charge on any atom is -0.457 e. The lowest BCUT2D eigenvalue weighted by Gasteiger charge is -2.08.